The molecule has 0 aromatic heterocycles. The topological polar surface area (TPSA) is 68.2 Å². The molecule has 0 aromatic carbocycles. The Morgan fingerprint density at radius 1 is 0.618 bits per heavy atom. The number of rotatable bonds is 14. The van der Waals surface area contributed by atoms with Crippen LogP contribution in [0.3, 0.4) is 0 Å². The molecule has 5 nitrogen and oxygen atoms in total. The zero-order valence-electron chi connectivity index (χ0n) is 24.8. The first-order chi connectivity index (χ1) is 16.0. The molecule has 1 aliphatic heterocycles. The van der Waals surface area contributed by atoms with Crippen LogP contribution in [0.4, 0.5) is 0 Å². The standard InChI is InChI=1S/2C9H20.C7H14O3.C4H10O2/c2*1-3-5-7-9-8-6-4-2;1-5-6(2)10-7(3,8-4)9-5;1-3(5)4(2)6/h2*3-9H2,1-2H3;5-6H,1-4H3;3-6H,1-2H3. The third kappa shape index (κ3) is 28.0. The van der Waals surface area contributed by atoms with Crippen LogP contribution >= 0.6 is 0 Å². The highest BCUT2D eigenvalue weighted by atomic mass is 16.9. The van der Waals surface area contributed by atoms with Gasteiger partial charge < -0.3 is 24.4 Å². The minimum atomic E-state index is -0.821. The van der Waals surface area contributed by atoms with Crippen LogP contribution in [-0.4, -0.2) is 47.7 Å². The molecule has 1 aliphatic rings. The van der Waals surface area contributed by atoms with Crippen molar-refractivity contribution in [1.29, 1.82) is 0 Å². The van der Waals surface area contributed by atoms with Gasteiger partial charge in [0.05, 0.1) is 24.4 Å². The first kappa shape index (κ1) is 38.3. The Bertz CT molecular complexity index is 332. The maximum atomic E-state index is 8.38. The molecule has 0 spiro atoms. The van der Waals surface area contributed by atoms with Gasteiger partial charge in [-0.3, -0.25) is 0 Å². The van der Waals surface area contributed by atoms with Crippen LogP contribution in [0.15, 0.2) is 0 Å². The van der Waals surface area contributed by atoms with Crippen molar-refractivity contribution in [3.8, 4) is 0 Å². The lowest BCUT2D eigenvalue weighted by Gasteiger charge is -2.19. The van der Waals surface area contributed by atoms with Gasteiger partial charge in [0.25, 0.3) is 5.97 Å². The average molecular weight is 493 g/mol. The van der Waals surface area contributed by atoms with E-state index in [0.29, 0.717) is 0 Å². The fourth-order valence-electron chi connectivity index (χ4n) is 3.05. The number of aliphatic hydroxyl groups is 2. The van der Waals surface area contributed by atoms with Crippen LogP contribution in [0.2, 0.25) is 0 Å². The molecule has 34 heavy (non-hydrogen) atoms. The predicted octanol–water partition coefficient (Wildman–Crippen LogP) is 8.39. The van der Waals surface area contributed by atoms with Crippen molar-refractivity contribution in [1.82, 2.24) is 0 Å². The lowest BCUT2D eigenvalue weighted by molar-refractivity contribution is -0.316. The van der Waals surface area contributed by atoms with E-state index < -0.39 is 18.2 Å². The summed E-state index contributed by atoms with van der Waals surface area (Å²) in [6, 6.07) is 0. The van der Waals surface area contributed by atoms with Gasteiger partial charge in [0.2, 0.25) is 0 Å². The minimum absolute atomic E-state index is 0.116. The fourth-order valence-corrected chi connectivity index (χ4v) is 3.05. The largest absolute Gasteiger partial charge is 0.391 e. The summed E-state index contributed by atoms with van der Waals surface area (Å²) < 4.78 is 15.7. The Labute approximate surface area is 214 Å². The molecular weight excluding hydrogens is 428 g/mol. The average Bonchev–Trinajstić information content (AvgIpc) is 3.07. The molecule has 0 amide bonds. The molecule has 0 aliphatic carbocycles. The summed E-state index contributed by atoms with van der Waals surface area (Å²) in [4.78, 5) is 0. The van der Waals surface area contributed by atoms with Crippen LogP contribution in [0, 0.1) is 0 Å². The third-order valence-electron chi connectivity index (χ3n) is 5.94. The zero-order valence-corrected chi connectivity index (χ0v) is 24.8. The summed E-state index contributed by atoms with van der Waals surface area (Å²) in [7, 11) is 1.57. The molecule has 5 heteroatoms. The van der Waals surface area contributed by atoms with Crippen LogP contribution in [0.25, 0.3) is 0 Å². The van der Waals surface area contributed by atoms with Gasteiger partial charge in [0.15, 0.2) is 0 Å². The normalized spacial score (nSPS) is 22.9. The molecular formula is C29H64O5. The quantitative estimate of drug-likeness (QED) is 0.238. The Morgan fingerprint density at radius 3 is 1.00 bits per heavy atom. The zero-order chi connectivity index (χ0) is 26.8. The molecule has 4 unspecified atom stereocenters. The summed E-state index contributed by atoms with van der Waals surface area (Å²) in [5.41, 5.74) is 0. The van der Waals surface area contributed by atoms with E-state index >= 15 is 0 Å². The maximum Gasteiger partial charge on any atom is 0.280 e. The molecule has 1 saturated heterocycles. The van der Waals surface area contributed by atoms with Crippen molar-refractivity contribution >= 4 is 0 Å². The van der Waals surface area contributed by atoms with Gasteiger partial charge in [-0.1, -0.05) is 118 Å². The Balaban J connectivity index is -0.000000383. The molecule has 0 saturated carbocycles. The lowest BCUT2D eigenvalue weighted by atomic mass is 10.1. The molecule has 0 aromatic rings. The van der Waals surface area contributed by atoms with Crippen molar-refractivity contribution in [2.75, 3.05) is 7.11 Å². The van der Waals surface area contributed by atoms with E-state index in [-0.39, 0.29) is 12.2 Å². The minimum Gasteiger partial charge on any atom is -0.391 e. The molecule has 0 radical (unpaired) electrons. The molecule has 2 N–H and O–H groups in total. The van der Waals surface area contributed by atoms with Crippen LogP contribution in [0.5, 0.6) is 0 Å². The first-order valence-electron chi connectivity index (χ1n) is 14.3. The second kappa shape index (κ2) is 27.4. The third-order valence-corrected chi connectivity index (χ3v) is 5.94. The van der Waals surface area contributed by atoms with Gasteiger partial charge in [0, 0.05) is 14.0 Å². The monoisotopic (exact) mass is 492 g/mol. The van der Waals surface area contributed by atoms with Gasteiger partial charge in [-0.05, 0) is 27.7 Å². The van der Waals surface area contributed by atoms with E-state index in [4.69, 9.17) is 24.4 Å². The van der Waals surface area contributed by atoms with Crippen molar-refractivity contribution in [3.05, 3.63) is 0 Å². The Morgan fingerprint density at radius 2 is 0.853 bits per heavy atom. The highest BCUT2D eigenvalue weighted by molar-refractivity contribution is 4.71. The van der Waals surface area contributed by atoms with Crippen molar-refractivity contribution in [3.63, 3.8) is 0 Å². The summed E-state index contributed by atoms with van der Waals surface area (Å²) >= 11 is 0. The Kier molecular flexibility index (Phi) is 30.9. The van der Waals surface area contributed by atoms with Crippen molar-refractivity contribution in [2.45, 2.75) is 183 Å². The van der Waals surface area contributed by atoms with Crippen LogP contribution < -0.4 is 0 Å². The summed E-state index contributed by atoms with van der Waals surface area (Å²) in [5.74, 6) is -0.821. The molecule has 210 valence electrons. The number of aliphatic hydroxyl groups excluding tert-OH is 2. The molecule has 1 fully saturated rings. The number of ether oxygens (including phenoxy) is 3. The smallest absolute Gasteiger partial charge is 0.280 e. The van der Waals surface area contributed by atoms with Crippen molar-refractivity contribution in [2.24, 2.45) is 0 Å². The number of methoxy groups -OCH3 is 1. The van der Waals surface area contributed by atoms with Crippen molar-refractivity contribution < 1.29 is 24.4 Å². The highest BCUT2D eigenvalue weighted by Gasteiger charge is 2.40. The highest BCUT2D eigenvalue weighted by Crippen LogP contribution is 2.28. The first-order valence-corrected chi connectivity index (χ1v) is 14.3. The van der Waals surface area contributed by atoms with Gasteiger partial charge >= 0.3 is 0 Å². The number of hydrogen-bond donors (Lipinski definition) is 2. The summed E-state index contributed by atoms with van der Waals surface area (Å²) in [5, 5.41) is 16.8. The number of unbranched alkanes of at least 4 members (excludes halogenated alkanes) is 12. The van der Waals surface area contributed by atoms with Gasteiger partial charge in [-0.15, -0.1) is 0 Å². The molecule has 0 bridgehead atoms. The SMILES string of the molecule is CC(O)C(C)O.CCCCCCCCC.CCCCCCCCC.COC1(C)OC(C)C(C)O1. The maximum absolute atomic E-state index is 8.38. The summed E-state index contributed by atoms with van der Waals surface area (Å²) in [6.07, 6.45) is 19.0. The molecule has 1 heterocycles. The predicted molar refractivity (Wildman–Crippen MR) is 147 cm³/mol. The molecule has 4 atom stereocenters. The number of hydrogen-bond acceptors (Lipinski definition) is 5. The van der Waals surface area contributed by atoms with Gasteiger partial charge in [-0.2, -0.15) is 0 Å². The summed E-state index contributed by atoms with van der Waals surface area (Å²) in [6.45, 7) is 17.9. The van der Waals surface area contributed by atoms with E-state index in [1.165, 1.54) is 89.9 Å². The van der Waals surface area contributed by atoms with E-state index in [1.807, 2.05) is 13.8 Å². The van der Waals surface area contributed by atoms with E-state index in [1.54, 1.807) is 27.9 Å². The van der Waals surface area contributed by atoms with E-state index in [0.717, 1.165) is 0 Å². The Hall–Kier alpha value is -0.200. The fraction of sp³-hybridized carbons (Fsp3) is 1.00. The van der Waals surface area contributed by atoms with E-state index in [9.17, 15) is 0 Å². The second-order valence-corrected chi connectivity index (χ2v) is 9.73. The van der Waals surface area contributed by atoms with Gasteiger partial charge in [-0.25, -0.2) is 0 Å². The molecule has 1 rings (SSSR count). The van der Waals surface area contributed by atoms with Gasteiger partial charge in [0.1, 0.15) is 0 Å². The second-order valence-electron chi connectivity index (χ2n) is 9.73. The van der Waals surface area contributed by atoms with Crippen LogP contribution in [-0.2, 0) is 14.2 Å². The van der Waals surface area contributed by atoms with Crippen LogP contribution in [0.1, 0.15) is 152 Å². The lowest BCUT2D eigenvalue weighted by Crippen LogP contribution is -2.28. The van der Waals surface area contributed by atoms with E-state index in [2.05, 4.69) is 27.7 Å².